The van der Waals surface area contributed by atoms with Crippen LogP contribution >= 0.6 is 0 Å². The van der Waals surface area contributed by atoms with Gasteiger partial charge in [0, 0.05) is 6.54 Å². The van der Waals surface area contributed by atoms with Crippen LogP contribution in [0.2, 0.25) is 0 Å². The van der Waals surface area contributed by atoms with E-state index in [1.54, 1.807) is 6.92 Å². The number of nitrogens with zero attached hydrogens (tertiary/aromatic N) is 2. The third-order valence-electron chi connectivity index (χ3n) is 1.65. The van der Waals surface area contributed by atoms with Crippen molar-refractivity contribution in [2.24, 2.45) is 0 Å². The van der Waals surface area contributed by atoms with Gasteiger partial charge in [-0.15, -0.1) is 0 Å². The van der Waals surface area contributed by atoms with Crippen LogP contribution in [0.4, 0.5) is 11.5 Å². The lowest BCUT2D eigenvalue weighted by atomic mass is 10.4. The Hall–Kier alpha value is -1.85. The smallest absolute Gasteiger partial charge is 0.278 e. The van der Waals surface area contributed by atoms with Crippen LogP contribution in [0, 0.1) is 10.1 Å². The van der Waals surface area contributed by atoms with Gasteiger partial charge >= 0.3 is 0 Å². The fourth-order valence-electron chi connectivity index (χ4n) is 1.09. The van der Waals surface area contributed by atoms with Gasteiger partial charge in [0.25, 0.3) is 5.69 Å². The summed E-state index contributed by atoms with van der Waals surface area (Å²) in [5, 5.41) is 13.5. The Labute approximate surface area is 87.4 Å². The topological polar surface area (TPSA) is 77.3 Å². The minimum atomic E-state index is -0.467. The summed E-state index contributed by atoms with van der Waals surface area (Å²) in [6, 6.07) is 2.69. The van der Waals surface area contributed by atoms with Crippen LogP contribution in [0.5, 0.6) is 5.88 Å². The average molecular weight is 211 g/mol. The van der Waals surface area contributed by atoms with Crippen molar-refractivity contribution in [1.82, 2.24) is 4.98 Å². The molecule has 1 rings (SSSR count). The second-order valence-corrected chi connectivity index (χ2v) is 2.77. The van der Waals surface area contributed by atoms with Crippen LogP contribution in [0.25, 0.3) is 0 Å². The average Bonchev–Trinajstić information content (AvgIpc) is 2.18. The molecule has 1 N–H and O–H groups in total. The molecule has 0 aliphatic heterocycles. The van der Waals surface area contributed by atoms with Crippen molar-refractivity contribution >= 4 is 11.5 Å². The zero-order valence-electron chi connectivity index (χ0n) is 8.69. The van der Waals surface area contributed by atoms with E-state index in [2.05, 4.69) is 10.3 Å². The molecule has 0 radical (unpaired) electrons. The minimum Gasteiger partial charge on any atom is -0.478 e. The highest BCUT2D eigenvalue weighted by Crippen LogP contribution is 2.21. The molecule has 0 spiro atoms. The van der Waals surface area contributed by atoms with E-state index >= 15 is 0 Å². The van der Waals surface area contributed by atoms with Gasteiger partial charge in [0.05, 0.1) is 23.7 Å². The molecule has 0 saturated carbocycles. The largest absolute Gasteiger partial charge is 0.478 e. The first-order chi connectivity index (χ1) is 7.17. The minimum absolute atomic E-state index is 0.0237. The summed E-state index contributed by atoms with van der Waals surface area (Å²) in [6.45, 7) is 4.77. The van der Waals surface area contributed by atoms with Crippen molar-refractivity contribution < 1.29 is 9.66 Å². The van der Waals surface area contributed by atoms with E-state index in [1.807, 2.05) is 6.92 Å². The number of aromatic nitrogens is 1. The number of nitro groups is 1. The molecule has 0 fully saturated rings. The number of rotatable bonds is 5. The van der Waals surface area contributed by atoms with Gasteiger partial charge in [-0.2, -0.15) is 4.98 Å². The Kier molecular flexibility index (Phi) is 3.84. The summed E-state index contributed by atoms with van der Waals surface area (Å²) >= 11 is 0. The summed E-state index contributed by atoms with van der Waals surface area (Å²) in [5.74, 6) is 0.720. The zero-order chi connectivity index (χ0) is 11.3. The molecule has 82 valence electrons. The maximum absolute atomic E-state index is 10.6. The Morgan fingerprint density at radius 2 is 2.27 bits per heavy atom. The Morgan fingerprint density at radius 1 is 1.53 bits per heavy atom. The van der Waals surface area contributed by atoms with Gasteiger partial charge in [0.2, 0.25) is 5.88 Å². The van der Waals surface area contributed by atoms with Gasteiger partial charge in [0.15, 0.2) is 0 Å². The van der Waals surface area contributed by atoms with Gasteiger partial charge in [-0.05, 0) is 13.8 Å². The summed E-state index contributed by atoms with van der Waals surface area (Å²) in [7, 11) is 0. The standard InChI is InChI=1S/C9H13N3O3/c1-3-10-8-5-7(12(13)14)6-9(11-8)15-4-2/h5-6H,3-4H2,1-2H3,(H,10,11). The molecule has 0 aromatic carbocycles. The molecule has 1 heterocycles. The highest BCUT2D eigenvalue weighted by molar-refractivity contribution is 5.48. The molecule has 0 unspecified atom stereocenters. The van der Waals surface area contributed by atoms with Crippen molar-refractivity contribution in [2.45, 2.75) is 13.8 Å². The molecular formula is C9H13N3O3. The third kappa shape index (κ3) is 3.08. The highest BCUT2D eigenvalue weighted by Gasteiger charge is 2.11. The van der Waals surface area contributed by atoms with Crippen LogP contribution in [-0.4, -0.2) is 23.1 Å². The number of pyridine rings is 1. The number of anilines is 1. The van der Waals surface area contributed by atoms with Crippen molar-refractivity contribution in [3.05, 3.63) is 22.2 Å². The summed E-state index contributed by atoms with van der Waals surface area (Å²) in [4.78, 5) is 14.2. The molecule has 1 aromatic rings. The molecule has 6 nitrogen and oxygen atoms in total. The van der Waals surface area contributed by atoms with E-state index in [0.717, 1.165) is 0 Å². The fourth-order valence-corrected chi connectivity index (χ4v) is 1.09. The first kappa shape index (κ1) is 11.2. The first-order valence-electron chi connectivity index (χ1n) is 4.70. The van der Waals surface area contributed by atoms with Gasteiger partial charge in [-0.25, -0.2) is 0 Å². The van der Waals surface area contributed by atoms with Crippen LogP contribution < -0.4 is 10.1 Å². The lowest BCUT2D eigenvalue weighted by molar-refractivity contribution is -0.384. The quantitative estimate of drug-likeness (QED) is 0.593. The Balaban J connectivity index is 3.02. The molecule has 0 aliphatic rings. The van der Waals surface area contributed by atoms with E-state index in [-0.39, 0.29) is 11.6 Å². The van der Waals surface area contributed by atoms with E-state index in [0.29, 0.717) is 19.0 Å². The predicted octanol–water partition coefficient (Wildman–Crippen LogP) is 1.82. The third-order valence-corrected chi connectivity index (χ3v) is 1.65. The van der Waals surface area contributed by atoms with E-state index in [1.165, 1.54) is 12.1 Å². The van der Waals surface area contributed by atoms with Crippen molar-refractivity contribution in [3.63, 3.8) is 0 Å². The Morgan fingerprint density at radius 3 is 2.80 bits per heavy atom. The zero-order valence-corrected chi connectivity index (χ0v) is 8.69. The van der Waals surface area contributed by atoms with Crippen molar-refractivity contribution in [3.8, 4) is 5.88 Å². The lowest BCUT2D eigenvalue weighted by Gasteiger charge is -2.05. The second-order valence-electron chi connectivity index (χ2n) is 2.77. The molecule has 0 saturated heterocycles. The summed E-state index contributed by atoms with van der Waals surface area (Å²) in [5.41, 5.74) is -0.0237. The highest BCUT2D eigenvalue weighted by atomic mass is 16.6. The SMILES string of the molecule is CCNc1cc([N+](=O)[O-])cc(OCC)n1. The van der Waals surface area contributed by atoms with E-state index in [9.17, 15) is 10.1 Å². The van der Waals surface area contributed by atoms with Crippen LogP contribution in [-0.2, 0) is 0 Å². The monoisotopic (exact) mass is 211 g/mol. The van der Waals surface area contributed by atoms with Crippen molar-refractivity contribution in [1.29, 1.82) is 0 Å². The molecule has 0 aliphatic carbocycles. The molecule has 0 atom stereocenters. The van der Waals surface area contributed by atoms with Crippen LogP contribution in [0.15, 0.2) is 12.1 Å². The van der Waals surface area contributed by atoms with Gasteiger partial charge in [0.1, 0.15) is 5.82 Å². The van der Waals surface area contributed by atoms with Gasteiger partial charge in [-0.1, -0.05) is 0 Å². The number of hydrogen-bond acceptors (Lipinski definition) is 5. The van der Waals surface area contributed by atoms with Gasteiger partial charge < -0.3 is 10.1 Å². The van der Waals surface area contributed by atoms with E-state index in [4.69, 9.17) is 4.74 Å². The molecule has 6 heteroatoms. The first-order valence-corrected chi connectivity index (χ1v) is 4.70. The molecular weight excluding hydrogens is 198 g/mol. The van der Waals surface area contributed by atoms with Crippen LogP contribution in [0.1, 0.15) is 13.8 Å². The summed E-state index contributed by atoms with van der Waals surface area (Å²) < 4.78 is 5.13. The van der Waals surface area contributed by atoms with E-state index < -0.39 is 4.92 Å². The number of ether oxygens (including phenoxy) is 1. The Bertz CT molecular complexity index is 330. The second kappa shape index (κ2) is 5.14. The molecule has 0 amide bonds. The summed E-state index contributed by atoms with van der Waals surface area (Å²) in [6.07, 6.45) is 0. The normalized spacial score (nSPS) is 9.73. The lowest BCUT2D eigenvalue weighted by Crippen LogP contribution is -2.03. The maximum atomic E-state index is 10.6. The fraction of sp³-hybridized carbons (Fsp3) is 0.444. The van der Waals surface area contributed by atoms with Crippen LogP contribution in [0.3, 0.4) is 0 Å². The number of nitrogens with one attached hydrogen (secondary N) is 1. The predicted molar refractivity (Wildman–Crippen MR) is 56.2 cm³/mol. The molecule has 15 heavy (non-hydrogen) atoms. The van der Waals surface area contributed by atoms with Crippen molar-refractivity contribution in [2.75, 3.05) is 18.5 Å². The molecule has 0 bridgehead atoms. The molecule has 1 aromatic heterocycles. The number of hydrogen-bond donors (Lipinski definition) is 1. The van der Waals surface area contributed by atoms with Gasteiger partial charge in [-0.3, -0.25) is 10.1 Å². The maximum Gasteiger partial charge on any atom is 0.278 e.